The minimum Gasteiger partial charge on any atom is -0.370 e. The second kappa shape index (κ2) is 7.92. The van der Waals surface area contributed by atoms with Gasteiger partial charge in [-0.25, -0.2) is 0 Å². The minimum atomic E-state index is 1.16. The van der Waals surface area contributed by atoms with Crippen molar-refractivity contribution in [2.75, 3.05) is 24.6 Å². The molecule has 0 aromatic heterocycles. The molecule has 0 atom stereocenters. The third-order valence-electron chi connectivity index (χ3n) is 1.78. The highest BCUT2D eigenvalue weighted by Gasteiger charge is 2.09. The van der Waals surface area contributed by atoms with Crippen LogP contribution in [0.1, 0.15) is 6.92 Å². The Morgan fingerprint density at radius 3 is 2.38 bits per heavy atom. The van der Waals surface area contributed by atoms with Crippen molar-refractivity contribution in [1.29, 1.82) is 0 Å². The Kier molecular flexibility index (Phi) is 7.50. The zero-order valence-electron chi connectivity index (χ0n) is 8.16. The quantitative estimate of drug-likeness (QED) is 0.634. The number of carbonyl (C=O) groups excluding carboxylic acids is 1. The van der Waals surface area contributed by atoms with E-state index >= 15 is 0 Å². The summed E-state index contributed by atoms with van der Waals surface area (Å²) in [6, 6.07) is 0. The molecule has 0 aliphatic carbocycles. The van der Waals surface area contributed by atoms with Crippen LogP contribution in [0.15, 0.2) is 24.4 Å². The number of nitrogens with zero attached hydrogens (tertiary/aromatic N) is 1. The molecule has 1 aliphatic heterocycles. The summed E-state index contributed by atoms with van der Waals surface area (Å²) in [5.41, 5.74) is 1.16. The van der Waals surface area contributed by atoms with Crippen molar-refractivity contribution in [2.24, 2.45) is 0 Å². The van der Waals surface area contributed by atoms with Gasteiger partial charge in [0.25, 0.3) is 0 Å². The maximum absolute atomic E-state index is 8.00. The van der Waals surface area contributed by atoms with Crippen molar-refractivity contribution >= 4 is 18.6 Å². The molecule has 1 aliphatic rings. The molecule has 3 heteroatoms. The van der Waals surface area contributed by atoms with Gasteiger partial charge in [-0.2, -0.15) is 11.8 Å². The summed E-state index contributed by atoms with van der Waals surface area (Å²) >= 11 is 2.03. The zero-order chi connectivity index (χ0) is 10.1. The van der Waals surface area contributed by atoms with Crippen LogP contribution in [0.5, 0.6) is 0 Å². The van der Waals surface area contributed by atoms with E-state index < -0.39 is 0 Å². The van der Waals surface area contributed by atoms with Gasteiger partial charge in [-0.15, -0.1) is 0 Å². The number of thioether (sulfide) groups is 1. The Hall–Kier alpha value is -0.700. The number of hydrogen-bond acceptors (Lipinski definition) is 3. The molecule has 1 heterocycles. The molecule has 13 heavy (non-hydrogen) atoms. The summed E-state index contributed by atoms with van der Waals surface area (Å²) < 4.78 is 0. The van der Waals surface area contributed by atoms with Crippen LogP contribution >= 0.6 is 11.8 Å². The van der Waals surface area contributed by atoms with E-state index in [-0.39, 0.29) is 0 Å². The predicted molar refractivity (Wildman–Crippen MR) is 60.0 cm³/mol. The van der Waals surface area contributed by atoms with Crippen LogP contribution in [-0.4, -0.2) is 36.3 Å². The maximum atomic E-state index is 8.00. The van der Waals surface area contributed by atoms with Crippen LogP contribution in [-0.2, 0) is 4.79 Å². The predicted octanol–water partition coefficient (Wildman–Crippen LogP) is 1.94. The molecule has 2 nitrogen and oxygen atoms in total. The Morgan fingerprint density at radius 2 is 1.92 bits per heavy atom. The van der Waals surface area contributed by atoms with Crippen molar-refractivity contribution in [3.05, 3.63) is 24.4 Å². The molecule has 1 fully saturated rings. The van der Waals surface area contributed by atoms with E-state index in [1.165, 1.54) is 11.5 Å². The van der Waals surface area contributed by atoms with E-state index in [0.29, 0.717) is 0 Å². The van der Waals surface area contributed by atoms with Crippen molar-refractivity contribution in [3.63, 3.8) is 0 Å². The lowest BCUT2D eigenvalue weighted by Crippen LogP contribution is -2.30. The molecule has 0 amide bonds. The van der Waals surface area contributed by atoms with Gasteiger partial charge in [-0.1, -0.05) is 12.7 Å². The highest BCUT2D eigenvalue weighted by atomic mass is 32.2. The molecule has 0 bridgehead atoms. The van der Waals surface area contributed by atoms with Crippen LogP contribution < -0.4 is 0 Å². The summed E-state index contributed by atoms with van der Waals surface area (Å²) in [6.45, 7) is 10.4. The van der Waals surface area contributed by atoms with E-state index in [0.717, 1.165) is 18.8 Å². The second-order valence-electron chi connectivity index (χ2n) is 2.59. The summed E-state index contributed by atoms with van der Waals surface area (Å²) in [5, 5.41) is 0. The van der Waals surface area contributed by atoms with Gasteiger partial charge in [-0.05, 0) is 13.0 Å². The van der Waals surface area contributed by atoms with Crippen molar-refractivity contribution in [1.82, 2.24) is 4.90 Å². The van der Waals surface area contributed by atoms with Gasteiger partial charge in [0.05, 0.1) is 0 Å². The monoisotopic (exact) mass is 199 g/mol. The first-order valence-corrected chi connectivity index (χ1v) is 5.43. The molecule has 0 saturated carbocycles. The Bertz CT molecular complexity index is 174. The van der Waals surface area contributed by atoms with Gasteiger partial charge >= 0.3 is 0 Å². The third-order valence-corrected chi connectivity index (χ3v) is 2.72. The van der Waals surface area contributed by atoms with Crippen LogP contribution in [0.3, 0.4) is 0 Å². The second-order valence-corrected chi connectivity index (χ2v) is 3.82. The fraction of sp³-hybridized carbons (Fsp3) is 0.500. The SMILES string of the molecule is C=C(/C=C\C)N1CCSCC1.C=O. The van der Waals surface area contributed by atoms with Crippen LogP contribution in [0.4, 0.5) is 0 Å². The minimum absolute atomic E-state index is 1.16. The van der Waals surface area contributed by atoms with Gasteiger partial charge in [0.2, 0.25) is 0 Å². The van der Waals surface area contributed by atoms with E-state index in [9.17, 15) is 0 Å². The maximum Gasteiger partial charge on any atom is 0.106 e. The molecule has 1 rings (SSSR count). The number of allylic oxidation sites excluding steroid dienone is 2. The zero-order valence-corrected chi connectivity index (χ0v) is 8.98. The Morgan fingerprint density at radius 1 is 1.38 bits per heavy atom. The molecule has 0 spiro atoms. The molecule has 74 valence electrons. The lowest BCUT2D eigenvalue weighted by molar-refractivity contribution is -0.0979. The van der Waals surface area contributed by atoms with Crippen LogP contribution in [0.2, 0.25) is 0 Å². The smallest absolute Gasteiger partial charge is 0.106 e. The van der Waals surface area contributed by atoms with E-state index in [1.807, 2.05) is 31.6 Å². The van der Waals surface area contributed by atoms with Crippen molar-refractivity contribution in [3.8, 4) is 0 Å². The average Bonchev–Trinajstić information content (AvgIpc) is 2.23. The largest absolute Gasteiger partial charge is 0.370 e. The van der Waals surface area contributed by atoms with E-state index in [2.05, 4.69) is 17.6 Å². The van der Waals surface area contributed by atoms with Crippen LogP contribution in [0.25, 0.3) is 0 Å². The van der Waals surface area contributed by atoms with E-state index in [1.54, 1.807) is 0 Å². The molecule has 0 aromatic rings. The molecule has 0 aromatic carbocycles. The first kappa shape index (κ1) is 12.3. The normalized spacial score (nSPS) is 16.5. The fourth-order valence-electron chi connectivity index (χ4n) is 1.15. The summed E-state index contributed by atoms with van der Waals surface area (Å²) in [7, 11) is 0. The fourth-order valence-corrected chi connectivity index (χ4v) is 2.05. The Balaban J connectivity index is 0.000000671. The molecule has 0 N–H and O–H groups in total. The molecular formula is C10H17NOS. The summed E-state index contributed by atoms with van der Waals surface area (Å²) in [6.07, 6.45) is 4.13. The number of hydrogen-bond donors (Lipinski definition) is 0. The van der Waals surface area contributed by atoms with E-state index in [4.69, 9.17) is 4.79 Å². The lowest BCUT2D eigenvalue weighted by atomic mass is 10.3. The first-order valence-electron chi connectivity index (χ1n) is 4.27. The first-order chi connectivity index (χ1) is 6.34. The highest BCUT2D eigenvalue weighted by molar-refractivity contribution is 7.99. The topological polar surface area (TPSA) is 20.3 Å². The molecule has 0 unspecified atom stereocenters. The average molecular weight is 199 g/mol. The molecule has 0 radical (unpaired) electrons. The lowest BCUT2D eigenvalue weighted by Gasteiger charge is -2.28. The van der Waals surface area contributed by atoms with Gasteiger partial charge in [0, 0.05) is 30.3 Å². The summed E-state index contributed by atoms with van der Waals surface area (Å²) in [5.74, 6) is 2.49. The van der Waals surface area contributed by atoms with Crippen LogP contribution in [0, 0.1) is 0 Å². The standard InChI is InChI=1S/C9H15NS.CH2O/c1-3-4-9(2)10-5-7-11-8-6-10;1-2/h3-4H,2,5-8H2,1H3;1H2/b4-3-;. The Labute approximate surface area is 84.7 Å². The molecular weight excluding hydrogens is 182 g/mol. The van der Waals surface area contributed by atoms with Gasteiger partial charge < -0.3 is 9.69 Å². The third kappa shape index (κ3) is 4.78. The summed E-state index contributed by atoms with van der Waals surface area (Å²) in [4.78, 5) is 10.3. The number of carbonyl (C=O) groups is 1. The number of rotatable bonds is 2. The van der Waals surface area contributed by atoms with Gasteiger partial charge in [-0.3, -0.25) is 0 Å². The highest BCUT2D eigenvalue weighted by Crippen LogP contribution is 2.13. The van der Waals surface area contributed by atoms with Gasteiger partial charge in [0.1, 0.15) is 6.79 Å². The van der Waals surface area contributed by atoms with Crippen molar-refractivity contribution in [2.45, 2.75) is 6.92 Å². The van der Waals surface area contributed by atoms with Crippen molar-refractivity contribution < 1.29 is 4.79 Å². The molecule has 1 saturated heterocycles. The van der Waals surface area contributed by atoms with Gasteiger partial charge in [0.15, 0.2) is 0 Å².